The fourth-order valence-electron chi connectivity index (χ4n) is 1.02. The summed E-state index contributed by atoms with van der Waals surface area (Å²) < 4.78 is 0. The lowest BCUT2D eigenvalue weighted by atomic mass is 10.1. The lowest BCUT2D eigenvalue weighted by Gasteiger charge is -2.02. The van der Waals surface area contributed by atoms with Crippen LogP contribution in [0.4, 0.5) is 5.69 Å². The third-order valence-electron chi connectivity index (χ3n) is 1.60. The molecule has 1 rings (SSSR count). The van der Waals surface area contributed by atoms with Crippen LogP contribution in [-0.4, -0.2) is 0 Å². The normalized spacial score (nSPS) is 8.15. The van der Waals surface area contributed by atoms with E-state index >= 15 is 0 Å². The molecule has 0 aliphatic carbocycles. The molecule has 0 heterocycles. The van der Waals surface area contributed by atoms with E-state index < -0.39 is 0 Å². The minimum Gasteiger partial charge on any atom is -0.398 e. The van der Waals surface area contributed by atoms with Crippen molar-refractivity contribution in [1.82, 2.24) is 0 Å². The largest absolute Gasteiger partial charge is 0.398 e. The van der Waals surface area contributed by atoms with Crippen molar-refractivity contribution in [2.75, 3.05) is 5.73 Å². The highest BCUT2D eigenvalue weighted by Crippen LogP contribution is 2.18. The third kappa shape index (κ3) is 2.79. The van der Waals surface area contributed by atoms with Gasteiger partial charge in [0.2, 0.25) is 0 Å². The Hall–Kier alpha value is -1.50. The molecule has 0 unspecified atom stereocenters. The minimum atomic E-state index is 0.748. The number of hydrogen-bond acceptors (Lipinski definition) is 1. The maximum absolute atomic E-state index is 5.69. The maximum atomic E-state index is 5.69. The first-order chi connectivity index (χ1) is 6.29. The minimum absolute atomic E-state index is 0.748. The molecule has 0 radical (unpaired) electrons. The molecule has 0 aliphatic heterocycles. The summed E-state index contributed by atoms with van der Waals surface area (Å²) in [6.07, 6.45) is 3.51. The van der Waals surface area contributed by atoms with E-state index in [1.54, 1.807) is 12.2 Å². The Morgan fingerprint density at radius 3 is 2.15 bits per heavy atom. The van der Waals surface area contributed by atoms with Gasteiger partial charge < -0.3 is 5.73 Å². The third-order valence-corrected chi connectivity index (χ3v) is 1.60. The first kappa shape index (κ1) is 11.5. The SMILES string of the molecule is C=Cc1cccc(N)c1C=C.CC. The molecule has 0 aliphatic rings. The zero-order chi connectivity index (χ0) is 10.3. The molecule has 0 saturated carbocycles. The molecule has 0 amide bonds. The quantitative estimate of drug-likeness (QED) is 0.683. The average molecular weight is 175 g/mol. The molecule has 1 aromatic rings. The predicted molar refractivity (Wildman–Crippen MR) is 62.4 cm³/mol. The fourth-order valence-corrected chi connectivity index (χ4v) is 1.02. The van der Waals surface area contributed by atoms with Crippen molar-refractivity contribution in [3.8, 4) is 0 Å². The van der Waals surface area contributed by atoms with Gasteiger partial charge in [0.1, 0.15) is 0 Å². The lowest BCUT2D eigenvalue weighted by Crippen LogP contribution is -1.90. The molecular weight excluding hydrogens is 158 g/mol. The van der Waals surface area contributed by atoms with E-state index in [0.29, 0.717) is 0 Å². The van der Waals surface area contributed by atoms with Crippen LogP contribution in [0.3, 0.4) is 0 Å². The van der Waals surface area contributed by atoms with Gasteiger partial charge in [-0.2, -0.15) is 0 Å². The van der Waals surface area contributed by atoms with Crippen LogP contribution >= 0.6 is 0 Å². The van der Waals surface area contributed by atoms with Gasteiger partial charge in [0, 0.05) is 11.3 Å². The van der Waals surface area contributed by atoms with Crippen LogP contribution in [-0.2, 0) is 0 Å². The first-order valence-electron chi connectivity index (χ1n) is 4.43. The van der Waals surface area contributed by atoms with Gasteiger partial charge in [-0.05, 0) is 11.6 Å². The van der Waals surface area contributed by atoms with Gasteiger partial charge in [0.15, 0.2) is 0 Å². The van der Waals surface area contributed by atoms with Gasteiger partial charge >= 0.3 is 0 Å². The van der Waals surface area contributed by atoms with Crippen LogP contribution in [0.5, 0.6) is 0 Å². The highest BCUT2D eigenvalue weighted by Gasteiger charge is 1.96. The standard InChI is InChI=1S/C10H11N.C2H6/c1-3-8-6-5-7-10(11)9(8)4-2;1-2/h3-7H,1-2,11H2;1-2H3. The number of rotatable bonds is 2. The molecule has 0 aromatic heterocycles. The van der Waals surface area contributed by atoms with Gasteiger partial charge in [-0.1, -0.05) is 51.3 Å². The predicted octanol–water partition coefficient (Wildman–Crippen LogP) is 3.58. The summed E-state index contributed by atoms with van der Waals surface area (Å²) in [5.74, 6) is 0. The van der Waals surface area contributed by atoms with E-state index in [1.807, 2.05) is 32.0 Å². The van der Waals surface area contributed by atoms with Crippen LogP contribution in [0.2, 0.25) is 0 Å². The Kier molecular flexibility index (Phi) is 5.37. The van der Waals surface area contributed by atoms with E-state index in [2.05, 4.69) is 13.2 Å². The van der Waals surface area contributed by atoms with Crippen LogP contribution in [0, 0.1) is 0 Å². The lowest BCUT2D eigenvalue weighted by molar-refractivity contribution is 1.50. The fraction of sp³-hybridized carbons (Fsp3) is 0.167. The topological polar surface area (TPSA) is 26.0 Å². The van der Waals surface area contributed by atoms with E-state index in [9.17, 15) is 0 Å². The van der Waals surface area contributed by atoms with Crippen LogP contribution in [0.15, 0.2) is 31.4 Å². The Morgan fingerprint density at radius 2 is 1.77 bits per heavy atom. The summed E-state index contributed by atoms with van der Waals surface area (Å²) in [7, 11) is 0. The second-order valence-electron chi connectivity index (χ2n) is 2.26. The summed E-state index contributed by atoms with van der Waals surface area (Å²) in [5.41, 5.74) is 8.42. The molecule has 13 heavy (non-hydrogen) atoms. The van der Waals surface area contributed by atoms with E-state index in [4.69, 9.17) is 5.73 Å². The number of anilines is 1. The van der Waals surface area contributed by atoms with E-state index in [-0.39, 0.29) is 0 Å². The first-order valence-corrected chi connectivity index (χ1v) is 4.43. The number of nitrogens with two attached hydrogens (primary N) is 1. The highest BCUT2D eigenvalue weighted by atomic mass is 14.6. The average Bonchev–Trinajstić information content (AvgIpc) is 2.20. The van der Waals surface area contributed by atoms with Crippen molar-refractivity contribution in [2.24, 2.45) is 0 Å². The second-order valence-corrected chi connectivity index (χ2v) is 2.26. The van der Waals surface area contributed by atoms with Gasteiger partial charge in [0.25, 0.3) is 0 Å². The molecule has 0 atom stereocenters. The Labute approximate surface area is 80.6 Å². The summed E-state index contributed by atoms with van der Waals surface area (Å²) in [6, 6.07) is 5.71. The molecule has 2 N–H and O–H groups in total. The van der Waals surface area contributed by atoms with Gasteiger partial charge in [0.05, 0.1) is 0 Å². The molecule has 0 spiro atoms. The summed E-state index contributed by atoms with van der Waals surface area (Å²) in [5, 5.41) is 0. The second kappa shape index (κ2) is 6.06. The zero-order valence-corrected chi connectivity index (χ0v) is 8.38. The monoisotopic (exact) mass is 175 g/mol. The van der Waals surface area contributed by atoms with Crippen molar-refractivity contribution in [3.63, 3.8) is 0 Å². The van der Waals surface area contributed by atoms with Crippen molar-refractivity contribution in [2.45, 2.75) is 13.8 Å². The van der Waals surface area contributed by atoms with E-state index in [0.717, 1.165) is 16.8 Å². The summed E-state index contributed by atoms with van der Waals surface area (Å²) >= 11 is 0. The maximum Gasteiger partial charge on any atom is 0.0393 e. The van der Waals surface area contributed by atoms with Gasteiger partial charge in [-0.25, -0.2) is 0 Å². The van der Waals surface area contributed by atoms with Crippen LogP contribution < -0.4 is 5.73 Å². The molecule has 1 aromatic carbocycles. The Balaban J connectivity index is 0.000000671. The molecule has 0 saturated heterocycles. The Bertz CT molecular complexity index is 287. The molecule has 70 valence electrons. The number of nitrogen functional groups attached to an aromatic ring is 1. The molecule has 0 bridgehead atoms. The van der Waals surface area contributed by atoms with Crippen molar-refractivity contribution < 1.29 is 0 Å². The van der Waals surface area contributed by atoms with Crippen LogP contribution in [0.25, 0.3) is 12.2 Å². The highest BCUT2D eigenvalue weighted by molar-refractivity contribution is 5.73. The molecule has 0 fully saturated rings. The van der Waals surface area contributed by atoms with Crippen molar-refractivity contribution in [3.05, 3.63) is 42.5 Å². The Morgan fingerprint density at radius 1 is 1.15 bits per heavy atom. The van der Waals surface area contributed by atoms with Gasteiger partial charge in [-0.3, -0.25) is 0 Å². The van der Waals surface area contributed by atoms with Crippen molar-refractivity contribution in [1.29, 1.82) is 0 Å². The molecular formula is C12H17N. The molecule has 1 heteroatoms. The van der Waals surface area contributed by atoms with E-state index in [1.165, 1.54) is 0 Å². The number of benzene rings is 1. The van der Waals surface area contributed by atoms with Gasteiger partial charge in [-0.15, -0.1) is 0 Å². The van der Waals surface area contributed by atoms with Crippen LogP contribution in [0.1, 0.15) is 25.0 Å². The van der Waals surface area contributed by atoms with Crippen molar-refractivity contribution >= 4 is 17.8 Å². The number of hydrogen-bond donors (Lipinski definition) is 1. The smallest absolute Gasteiger partial charge is 0.0393 e. The zero-order valence-electron chi connectivity index (χ0n) is 8.38. The summed E-state index contributed by atoms with van der Waals surface area (Å²) in [4.78, 5) is 0. The summed E-state index contributed by atoms with van der Waals surface area (Å²) in [6.45, 7) is 11.3. The molecule has 1 nitrogen and oxygen atoms in total.